The maximum atomic E-state index is 11.4. The molecule has 1 aromatic carbocycles. The summed E-state index contributed by atoms with van der Waals surface area (Å²) in [5.41, 5.74) is 3.04. The zero-order chi connectivity index (χ0) is 22.4. The molecule has 1 aromatic rings. The lowest BCUT2D eigenvalue weighted by atomic mass is 9.88. The molecule has 0 aliphatic heterocycles. The quantitative estimate of drug-likeness (QED) is 0.164. The van der Waals surface area contributed by atoms with Gasteiger partial charge < -0.3 is 19.7 Å². The first-order valence-corrected chi connectivity index (χ1v) is 11.9. The van der Waals surface area contributed by atoms with Crippen LogP contribution in [0.4, 0.5) is 4.79 Å². The van der Waals surface area contributed by atoms with Gasteiger partial charge in [-0.15, -0.1) is 0 Å². The Morgan fingerprint density at radius 2 is 1.20 bits per heavy atom. The minimum Gasteiger partial charge on any atom is -0.504 e. The van der Waals surface area contributed by atoms with E-state index in [1.165, 1.54) is 0 Å². The zero-order valence-electron chi connectivity index (χ0n) is 19.5. The monoisotopic (exact) mass is 422 g/mol. The van der Waals surface area contributed by atoms with Gasteiger partial charge in [0.1, 0.15) is 0 Å². The Morgan fingerprint density at radius 3 is 1.67 bits per heavy atom. The maximum absolute atomic E-state index is 11.4. The summed E-state index contributed by atoms with van der Waals surface area (Å²) in [4.78, 5) is 11.4. The molecule has 0 fully saturated rings. The van der Waals surface area contributed by atoms with Crippen molar-refractivity contribution in [1.29, 1.82) is 0 Å². The molecule has 1 rings (SSSR count). The van der Waals surface area contributed by atoms with Crippen LogP contribution in [0.2, 0.25) is 0 Å². The SMILES string of the molecule is CCCCCc1c(O)c(OC(=O)O)c(OCCC)c(CCCCC)c1CCCCC. The lowest BCUT2D eigenvalue weighted by Crippen LogP contribution is -2.12. The van der Waals surface area contributed by atoms with Gasteiger partial charge in [-0.05, 0) is 50.5 Å². The largest absolute Gasteiger partial charge is 0.511 e. The Bertz CT molecular complexity index is 639. The summed E-state index contributed by atoms with van der Waals surface area (Å²) in [6.45, 7) is 8.97. The molecule has 0 spiro atoms. The fourth-order valence-electron chi connectivity index (χ4n) is 3.87. The van der Waals surface area contributed by atoms with E-state index >= 15 is 0 Å². The summed E-state index contributed by atoms with van der Waals surface area (Å²) in [5.74, 6) is 0.358. The number of carboxylic acid groups (broad SMARTS) is 1. The highest BCUT2D eigenvalue weighted by Gasteiger charge is 2.27. The second-order valence-corrected chi connectivity index (χ2v) is 8.03. The van der Waals surface area contributed by atoms with Crippen LogP contribution in [-0.4, -0.2) is 23.0 Å². The van der Waals surface area contributed by atoms with E-state index in [0.29, 0.717) is 12.4 Å². The maximum Gasteiger partial charge on any atom is 0.511 e. The van der Waals surface area contributed by atoms with Gasteiger partial charge in [0.2, 0.25) is 5.75 Å². The van der Waals surface area contributed by atoms with Crippen LogP contribution in [0.15, 0.2) is 0 Å². The minimum atomic E-state index is -1.43. The first-order chi connectivity index (χ1) is 14.5. The second-order valence-electron chi connectivity index (χ2n) is 8.03. The highest BCUT2D eigenvalue weighted by Crippen LogP contribution is 2.47. The van der Waals surface area contributed by atoms with Crippen LogP contribution in [0.5, 0.6) is 17.2 Å². The molecule has 0 radical (unpaired) electrons. The van der Waals surface area contributed by atoms with Gasteiger partial charge >= 0.3 is 6.16 Å². The van der Waals surface area contributed by atoms with E-state index in [-0.39, 0.29) is 11.5 Å². The molecule has 0 unspecified atom stereocenters. The van der Waals surface area contributed by atoms with Crippen LogP contribution in [0.25, 0.3) is 0 Å². The van der Waals surface area contributed by atoms with Gasteiger partial charge in [-0.3, -0.25) is 0 Å². The predicted molar refractivity (Wildman–Crippen MR) is 122 cm³/mol. The van der Waals surface area contributed by atoms with E-state index in [9.17, 15) is 15.0 Å². The molecule has 0 heterocycles. The Labute approximate surface area is 182 Å². The molecule has 172 valence electrons. The van der Waals surface area contributed by atoms with Crippen LogP contribution in [0, 0.1) is 0 Å². The van der Waals surface area contributed by atoms with Gasteiger partial charge in [0.05, 0.1) is 6.61 Å². The summed E-state index contributed by atoms with van der Waals surface area (Å²) in [6, 6.07) is 0. The number of hydrogen-bond donors (Lipinski definition) is 2. The average Bonchev–Trinajstić information content (AvgIpc) is 2.72. The lowest BCUT2D eigenvalue weighted by Gasteiger charge is -2.23. The highest BCUT2D eigenvalue weighted by atomic mass is 16.7. The number of aromatic hydroxyl groups is 1. The van der Waals surface area contributed by atoms with Crippen LogP contribution < -0.4 is 9.47 Å². The molecule has 0 atom stereocenters. The number of ether oxygens (including phenoxy) is 2. The van der Waals surface area contributed by atoms with Gasteiger partial charge in [0.25, 0.3) is 0 Å². The fourth-order valence-corrected chi connectivity index (χ4v) is 3.87. The van der Waals surface area contributed by atoms with Crippen molar-refractivity contribution in [2.45, 2.75) is 111 Å². The van der Waals surface area contributed by atoms with Crippen LogP contribution in [0.1, 0.15) is 109 Å². The number of rotatable bonds is 16. The Kier molecular flexibility index (Phi) is 13.0. The summed E-state index contributed by atoms with van der Waals surface area (Å²) in [6.07, 6.45) is 11.4. The molecule has 30 heavy (non-hydrogen) atoms. The Morgan fingerprint density at radius 1 is 0.700 bits per heavy atom. The molecule has 5 heteroatoms. The number of phenols is 1. The van der Waals surface area contributed by atoms with Crippen LogP contribution in [-0.2, 0) is 19.3 Å². The third-order valence-corrected chi connectivity index (χ3v) is 5.44. The van der Waals surface area contributed by atoms with E-state index in [0.717, 1.165) is 100 Å². The second kappa shape index (κ2) is 15.0. The van der Waals surface area contributed by atoms with Crippen molar-refractivity contribution in [1.82, 2.24) is 0 Å². The van der Waals surface area contributed by atoms with Crippen molar-refractivity contribution in [3.8, 4) is 17.2 Å². The first-order valence-electron chi connectivity index (χ1n) is 11.9. The minimum absolute atomic E-state index is 0.0202. The summed E-state index contributed by atoms with van der Waals surface area (Å²) < 4.78 is 11.1. The molecule has 0 saturated heterocycles. The molecule has 5 nitrogen and oxygen atoms in total. The molecule has 2 N–H and O–H groups in total. The van der Waals surface area contributed by atoms with E-state index in [2.05, 4.69) is 20.8 Å². The van der Waals surface area contributed by atoms with Crippen LogP contribution in [0.3, 0.4) is 0 Å². The molecular formula is C25H42O5. The van der Waals surface area contributed by atoms with Gasteiger partial charge in [-0.25, -0.2) is 4.79 Å². The molecule has 0 aliphatic rings. The van der Waals surface area contributed by atoms with Crippen molar-refractivity contribution in [2.75, 3.05) is 6.61 Å². The van der Waals surface area contributed by atoms with E-state index in [4.69, 9.17) is 9.47 Å². The topological polar surface area (TPSA) is 76.0 Å². The number of benzene rings is 1. The normalized spacial score (nSPS) is 10.9. The fraction of sp³-hybridized carbons (Fsp3) is 0.720. The predicted octanol–water partition coefficient (Wildman–Crippen LogP) is 7.44. The molecule has 0 bridgehead atoms. The smallest absolute Gasteiger partial charge is 0.504 e. The molecule has 0 saturated carbocycles. The van der Waals surface area contributed by atoms with Crippen molar-refractivity contribution in [3.63, 3.8) is 0 Å². The third kappa shape index (κ3) is 8.08. The number of carbonyl (C=O) groups is 1. The van der Waals surface area contributed by atoms with Gasteiger partial charge in [-0.1, -0.05) is 66.2 Å². The number of unbranched alkanes of at least 4 members (excludes halogenated alkanes) is 6. The highest BCUT2D eigenvalue weighted by molar-refractivity contribution is 5.70. The number of hydrogen-bond acceptors (Lipinski definition) is 4. The zero-order valence-corrected chi connectivity index (χ0v) is 19.5. The molecule has 0 aromatic heterocycles. The Balaban J connectivity index is 3.59. The summed E-state index contributed by atoms with van der Waals surface area (Å²) in [5, 5.41) is 20.4. The van der Waals surface area contributed by atoms with Crippen molar-refractivity contribution in [2.24, 2.45) is 0 Å². The van der Waals surface area contributed by atoms with Gasteiger partial charge in [-0.2, -0.15) is 0 Å². The molecule has 0 aliphatic carbocycles. The van der Waals surface area contributed by atoms with E-state index < -0.39 is 6.16 Å². The van der Waals surface area contributed by atoms with Gasteiger partial charge in [0, 0.05) is 11.1 Å². The standard InChI is InChI=1S/C25H42O5/c1-5-9-12-15-19-20(16-13-10-6-2)22(26)24(30-25(27)28)23(29-18-8-4)21(19)17-14-11-7-3/h26H,5-18H2,1-4H3,(H,27,28). The summed E-state index contributed by atoms with van der Waals surface area (Å²) in [7, 11) is 0. The molecular weight excluding hydrogens is 380 g/mol. The summed E-state index contributed by atoms with van der Waals surface area (Å²) >= 11 is 0. The van der Waals surface area contributed by atoms with Crippen molar-refractivity contribution in [3.05, 3.63) is 16.7 Å². The van der Waals surface area contributed by atoms with Crippen molar-refractivity contribution < 1.29 is 24.5 Å². The Hall–Kier alpha value is -1.91. The lowest BCUT2D eigenvalue weighted by molar-refractivity contribution is 0.140. The van der Waals surface area contributed by atoms with E-state index in [1.807, 2.05) is 6.92 Å². The van der Waals surface area contributed by atoms with E-state index in [1.54, 1.807) is 0 Å². The third-order valence-electron chi connectivity index (χ3n) is 5.44. The first kappa shape index (κ1) is 26.1. The van der Waals surface area contributed by atoms with Crippen LogP contribution >= 0.6 is 0 Å². The number of phenolic OH excluding ortho intramolecular Hbond substituents is 1. The molecule has 0 amide bonds. The average molecular weight is 423 g/mol. The van der Waals surface area contributed by atoms with Gasteiger partial charge in [0.15, 0.2) is 11.5 Å². The van der Waals surface area contributed by atoms with Crippen molar-refractivity contribution >= 4 is 6.16 Å².